The summed E-state index contributed by atoms with van der Waals surface area (Å²) >= 11 is 0. The van der Waals surface area contributed by atoms with Crippen LogP contribution in [-0.2, 0) is 7.90 Å². The molecule has 0 unspecified atom stereocenters. The molecule has 2 nitrogen and oxygen atoms in total. The molecule has 2 aromatic rings. The van der Waals surface area contributed by atoms with Gasteiger partial charge in [-0.1, -0.05) is 36.4 Å². The molecular weight excluding hydrogens is 272 g/mol. The fourth-order valence-electron chi connectivity index (χ4n) is 1.20. The first-order valence-corrected chi connectivity index (χ1v) is 9.05. The van der Waals surface area contributed by atoms with Gasteiger partial charge >= 0.3 is 0 Å². The lowest BCUT2D eigenvalue weighted by atomic mass is 10.4. The highest BCUT2D eigenvalue weighted by atomic mass is 33.5. The summed E-state index contributed by atoms with van der Waals surface area (Å²) in [6, 6.07) is 18.2. The van der Waals surface area contributed by atoms with Gasteiger partial charge < -0.3 is 0 Å². The molecule has 0 aliphatic rings. The van der Waals surface area contributed by atoms with Crippen LogP contribution in [0.5, 0.6) is 0 Å². The van der Waals surface area contributed by atoms with Crippen molar-refractivity contribution in [3.8, 4) is 0 Å². The third kappa shape index (κ3) is 4.11. The van der Waals surface area contributed by atoms with Crippen molar-refractivity contribution in [1.82, 2.24) is 0 Å². The van der Waals surface area contributed by atoms with Crippen molar-refractivity contribution in [3.63, 3.8) is 0 Å². The molecule has 0 aromatic heterocycles. The first kappa shape index (κ1) is 12.5. The van der Waals surface area contributed by atoms with E-state index in [1.807, 2.05) is 36.4 Å². The third-order valence-electron chi connectivity index (χ3n) is 1.88. The molecule has 0 fully saturated rings. The molecule has 0 saturated carbocycles. The van der Waals surface area contributed by atoms with Crippen molar-refractivity contribution in [2.24, 2.45) is 0 Å². The SMILES string of the molecule is O=S(=O)(Sc1ccccc1)Sc1ccccc1. The largest absolute Gasteiger partial charge is 0.262 e. The average molecular weight is 282 g/mol. The Balaban J connectivity index is 2.11. The van der Waals surface area contributed by atoms with Crippen LogP contribution in [0.4, 0.5) is 0 Å². The van der Waals surface area contributed by atoms with E-state index >= 15 is 0 Å². The smallest absolute Gasteiger partial charge is 0.205 e. The van der Waals surface area contributed by atoms with Gasteiger partial charge in [-0.3, -0.25) is 0 Å². The van der Waals surface area contributed by atoms with Crippen molar-refractivity contribution in [2.75, 3.05) is 0 Å². The summed E-state index contributed by atoms with van der Waals surface area (Å²) in [5.41, 5.74) is 0. The van der Waals surface area contributed by atoms with Crippen molar-refractivity contribution < 1.29 is 8.42 Å². The molecule has 0 N–H and O–H groups in total. The van der Waals surface area contributed by atoms with E-state index in [4.69, 9.17) is 0 Å². The van der Waals surface area contributed by atoms with Gasteiger partial charge in [0.15, 0.2) is 0 Å². The highest BCUT2D eigenvalue weighted by Crippen LogP contribution is 2.37. The summed E-state index contributed by atoms with van der Waals surface area (Å²) < 4.78 is 23.8. The molecule has 2 aromatic carbocycles. The van der Waals surface area contributed by atoms with Gasteiger partial charge in [-0.2, -0.15) is 0 Å². The molecule has 5 heteroatoms. The van der Waals surface area contributed by atoms with Crippen molar-refractivity contribution in [1.29, 1.82) is 0 Å². The number of hydrogen-bond donors (Lipinski definition) is 0. The lowest BCUT2D eigenvalue weighted by Crippen LogP contribution is -1.86. The Bertz CT molecular complexity index is 518. The number of rotatable bonds is 4. The fraction of sp³-hybridized carbons (Fsp3) is 0. The van der Waals surface area contributed by atoms with Crippen LogP contribution < -0.4 is 0 Å². The van der Waals surface area contributed by atoms with Gasteiger partial charge in [-0.25, -0.2) is 8.42 Å². The second-order valence-electron chi connectivity index (χ2n) is 3.20. The van der Waals surface area contributed by atoms with Crippen molar-refractivity contribution in [2.45, 2.75) is 9.79 Å². The molecule has 17 heavy (non-hydrogen) atoms. The van der Waals surface area contributed by atoms with Crippen molar-refractivity contribution >= 4 is 29.5 Å². The Morgan fingerprint density at radius 3 is 1.35 bits per heavy atom. The van der Waals surface area contributed by atoms with Gasteiger partial charge in [0.1, 0.15) is 0 Å². The first-order valence-electron chi connectivity index (χ1n) is 4.90. The Morgan fingerprint density at radius 1 is 0.647 bits per heavy atom. The summed E-state index contributed by atoms with van der Waals surface area (Å²) in [7, 11) is -1.50. The molecule has 88 valence electrons. The second kappa shape index (κ2) is 5.62. The molecule has 0 amide bonds. The maximum atomic E-state index is 11.9. The van der Waals surface area contributed by atoms with Gasteiger partial charge in [0.2, 0.25) is 0 Å². The van der Waals surface area contributed by atoms with Gasteiger partial charge in [-0.05, 0) is 24.3 Å². The minimum absolute atomic E-state index is 0.732. The van der Waals surface area contributed by atoms with Crippen LogP contribution in [0.3, 0.4) is 0 Å². The molecule has 0 heterocycles. The lowest BCUT2D eigenvalue weighted by Gasteiger charge is -2.02. The quantitative estimate of drug-likeness (QED) is 0.798. The standard InChI is InChI=1S/C12H10O2S3/c13-17(14,15-11-7-3-1-4-8-11)16-12-9-5-2-6-10-12/h1-10H. The van der Waals surface area contributed by atoms with E-state index in [9.17, 15) is 8.42 Å². The van der Waals surface area contributed by atoms with E-state index in [1.165, 1.54) is 0 Å². The monoisotopic (exact) mass is 282 g/mol. The van der Waals surface area contributed by atoms with Crippen molar-refractivity contribution in [3.05, 3.63) is 60.7 Å². The summed E-state index contributed by atoms with van der Waals surface area (Å²) in [4.78, 5) is 1.46. The zero-order valence-corrected chi connectivity index (χ0v) is 11.3. The molecule has 0 atom stereocenters. The molecule has 0 bridgehead atoms. The summed E-state index contributed by atoms with van der Waals surface area (Å²) in [5.74, 6) is 0. The topological polar surface area (TPSA) is 34.1 Å². The Labute approximate surface area is 108 Å². The maximum absolute atomic E-state index is 11.9. The van der Waals surface area contributed by atoms with E-state index in [1.54, 1.807) is 24.3 Å². The zero-order valence-electron chi connectivity index (χ0n) is 8.81. The minimum Gasteiger partial charge on any atom is -0.205 e. The van der Waals surface area contributed by atoms with Crippen LogP contribution in [0, 0.1) is 0 Å². The fourth-order valence-corrected chi connectivity index (χ4v) is 6.15. The van der Waals surface area contributed by atoms with Crippen LogP contribution in [0.15, 0.2) is 70.5 Å². The molecule has 0 saturated heterocycles. The second-order valence-corrected chi connectivity index (χ2v) is 9.56. The van der Waals surface area contributed by atoms with Crippen LogP contribution in [0.25, 0.3) is 0 Å². The lowest BCUT2D eigenvalue weighted by molar-refractivity contribution is 0.623. The number of benzene rings is 2. The van der Waals surface area contributed by atoms with Crippen LogP contribution >= 0.6 is 21.6 Å². The van der Waals surface area contributed by atoms with Gasteiger partial charge in [-0.15, -0.1) is 0 Å². The molecule has 0 radical (unpaired) electrons. The highest BCUT2D eigenvalue weighted by Gasteiger charge is 2.14. The number of hydrogen-bond acceptors (Lipinski definition) is 4. The van der Waals surface area contributed by atoms with Crippen LogP contribution in [-0.4, -0.2) is 8.42 Å². The summed E-state index contributed by atoms with van der Waals surface area (Å²) in [6.07, 6.45) is 0. The highest BCUT2D eigenvalue weighted by molar-refractivity contribution is 9.04. The Morgan fingerprint density at radius 2 is 1.00 bits per heavy atom. The molecule has 0 spiro atoms. The van der Waals surface area contributed by atoms with Crippen LogP contribution in [0.2, 0.25) is 0 Å². The van der Waals surface area contributed by atoms with Crippen LogP contribution in [0.1, 0.15) is 0 Å². The van der Waals surface area contributed by atoms with E-state index in [2.05, 4.69) is 0 Å². The van der Waals surface area contributed by atoms with E-state index in [0.717, 1.165) is 31.4 Å². The van der Waals surface area contributed by atoms with Gasteiger partial charge in [0, 0.05) is 31.4 Å². The predicted molar refractivity (Wildman–Crippen MR) is 73.5 cm³/mol. The Kier molecular flexibility index (Phi) is 4.15. The minimum atomic E-state index is -3.25. The molecular formula is C12H10O2S3. The van der Waals surface area contributed by atoms with E-state index in [0.29, 0.717) is 0 Å². The zero-order chi connectivity index (χ0) is 12.1. The average Bonchev–Trinajstić information content (AvgIpc) is 2.30. The summed E-state index contributed by atoms with van der Waals surface area (Å²) in [6.45, 7) is 0. The Hall–Kier alpha value is -0.910. The van der Waals surface area contributed by atoms with Gasteiger partial charge in [0.05, 0.1) is 0 Å². The molecule has 0 aliphatic heterocycles. The first-order chi connectivity index (χ1) is 8.16. The normalized spacial score (nSPS) is 11.3. The third-order valence-corrected chi connectivity index (χ3v) is 6.82. The molecule has 0 aliphatic carbocycles. The van der Waals surface area contributed by atoms with E-state index in [-0.39, 0.29) is 0 Å². The predicted octanol–water partition coefficient (Wildman–Crippen LogP) is 3.82. The van der Waals surface area contributed by atoms with E-state index < -0.39 is 7.90 Å². The maximum Gasteiger partial charge on any atom is 0.262 e. The van der Waals surface area contributed by atoms with Gasteiger partial charge in [0.25, 0.3) is 7.90 Å². The summed E-state index contributed by atoms with van der Waals surface area (Å²) in [5, 5.41) is 0. The molecule has 2 rings (SSSR count).